The lowest BCUT2D eigenvalue weighted by atomic mass is 10.1. The third-order valence-electron chi connectivity index (χ3n) is 5.31. The second-order valence-corrected chi connectivity index (χ2v) is 7.32. The number of nitrogens with two attached hydrogens (primary N) is 1. The maximum Gasteiger partial charge on any atom is 0.158 e. The van der Waals surface area contributed by atoms with Crippen molar-refractivity contribution in [2.45, 2.75) is 6.92 Å². The first-order chi connectivity index (χ1) is 14.6. The van der Waals surface area contributed by atoms with Crippen LogP contribution in [0, 0.1) is 12.3 Å². The first-order valence-electron chi connectivity index (χ1n) is 9.80. The van der Waals surface area contributed by atoms with Crippen LogP contribution in [0.1, 0.15) is 5.56 Å². The number of nitrogen functional groups attached to an aromatic ring is 1. The van der Waals surface area contributed by atoms with Crippen molar-refractivity contribution in [3.05, 3.63) is 102 Å². The Bertz CT molecular complexity index is 1400. The topological polar surface area (TPSA) is 72.6 Å². The quantitative estimate of drug-likeness (QED) is 0.461. The van der Waals surface area contributed by atoms with Crippen molar-refractivity contribution < 1.29 is 0 Å². The van der Waals surface area contributed by atoms with Gasteiger partial charge in [-0.2, -0.15) is 5.10 Å². The number of aromatic nitrogens is 3. The van der Waals surface area contributed by atoms with Crippen LogP contribution in [0.15, 0.2) is 91.1 Å². The predicted molar refractivity (Wildman–Crippen MR) is 121 cm³/mol. The Morgan fingerprint density at radius 2 is 1.43 bits per heavy atom. The molecule has 146 valence electrons. The molecule has 3 N–H and O–H groups in total. The van der Waals surface area contributed by atoms with Gasteiger partial charge in [-0.3, -0.25) is 5.41 Å². The summed E-state index contributed by atoms with van der Waals surface area (Å²) in [5.41, 5.74) is 11.6. The largest absolute Gasteiger partial charge is 0.384 e. The molecular formula is C25H21N5. The molecule has 30 heavy (non-hydrogen) atoms. The van der Waals surface area contributed by atoms with Gasteiger partial charge in [-0.1, -0.05) is 66.2 Å². The number of anilines is 1. The Labute approximate surface area is 174 Å². The molecule has 2 aromatic heterocycles. The Hall–Kier alpha value is -4.12. The smallest absolute Gasteiger partial charge is 0.158 e. The summed E-state index contributed by atoms with van der Waals surface area (Å²) in [6, 6.07) is 27.9. The zero-order valence-electron chi connectivity index (χ0n) is 16.6. The second-order valence-electron chi connectivity index (χ2n) is 7.32. The van der Waals surface area contributed by atoms with Crippen LogP contribution >= 0.6 is 0 Å². The first-order valence-corrected chi connectivity index (χ1v) is 9.80. The van der Waals surface area contributed by atoms with Crippen molar-refractivity contribution in [3.63, 3.8) is 0 Å². The summed E-state index contributed by atoms with van der Waals surface area (Å²) in [5, 5.41) is 15.3. The molecule has 5 heteroatoms. The number of nitrogens with zero attached hydrogens (tertiary/aromatic N) is 3. The minimum absolute atomic E-state index is 0.263. The maximum absolute atomic E-state index is 8.89. The Kier molecular flexibility index (Phi) is 4.21. The lowest BCUT2D eigenvalue weighted by molar-refractivity contribution is 0.794. The van der Waals surface area contributed by atoms with E-state index in [0.29, 0.717) is 11.2 Å². The fourth-order valence-corrected chi connectivity index (χ4v) is 3.74. The zero-order valence-corrected chi connectivity index (χ0v) is 16.6. The SMILES string of the molecule is Cc1ccc(-n2cc3c(-c4ccccc4)nn(-c4ccccc4)c(=N)c3c2N)cc1. The Balaban J connectivity index is 1.87. The summed E-state index contributed by atoms with van der Waals surface area (Å²) >= 11 is 0. The lowest BCUT2D eigenvalue weighted by Crippen LogP contribution is -2.22. The summed E-state index contributed by atoms with van der Waals surface area (Å²) in [5.74, 6) is 0.531. The van der Waals surface area contributed by atoms with Gasteiger partial charge in [-0.05, 0) is 31.2 Å². The average molecular weight is 391 g/mol. The summed E-state index contributed by atoms with van der Waals surface area (Å²) in [6.45, 7) is 2.06. The molecule has 0 saturated carbocycles. The summed E-state index contributed by atoms with van der Waals surface area (Å²) in [7, 11) is 0. The number of aryl methyl sites for hydroxylation is 1. The van der Waals surface area contributed by atoms with Gasteiger partial charge in [0, 0.05) is 22.8 Å². The van der Waals surface area contributed by atoms with Gasteiger partial charge < -0.3 is 10.3 Å². The van der Waals surface area contributed by atoms with Gasteiger partial charge in [-0.15, -0.1) is 0 Å². The standard InChI is InChI=1S/C25H21N5/c1-17-12-14-19(15-13-17)29-16-21-22(24(29)26)25(27)30(20-10-6-3-7-11-20)28-23(21)18-8-4-2-5-9-18/h2-16,27H,26H2,1H3. The van der Waals surface area contributed by atoms with Crippen molar-refractivity contribution in [2.75, 3.05) is 5.73 Å². The molecule has 0 bridgehead atoms. The Morgan fingerprint density at radius 3 is 2.10 bits per heavy atom. The van der Waals surface area contributed by atoms with Gasteiger partial charge in [-0.25, -0.2) is 4.68 Å². The van der Waals surface area contributed by atoms with Crippen LogP contribution in [0.3, 0.4) is 0 Å². The molecule has 5 nitrogen and oxygen atoms in total. The third-order valence-corrected chi connectivity index (χ3v) is 5.31. The van der Waals surface area contributed by atoms with E-state index >= 15 is 0 Å². The van der Waals surface area contributed by atoms with Gasteiger partial charge in [0.15, 0.2) is 5.49 Å². The van der Waals surface area contributed by atoms with Crippen molar-refractivity contribution in [3.8, 4) is 22.6 Å². The highest BCUT2D eigenvalue weighted by Gasteiger charge is 2.18. The van der Waals surface area contributed by atoms with Gasteiger partial charge in [0.2, 0.25) is 0 Å². The van der Waals surface area contributed by atoms with Crippen LogP contribution in [-0.2, 0) is 0 Å². The fraction of sp³-hybridized carbons (Fsp3) is 0.0400. The van der Waals surface area contributed by atoms with E-state index in [0.717, 1.165) is 28.0 Å². The van der Waals surface area contributed by atoms with E-state index in [-0.39, 0.29) is 5.49 Å². The summed E-state index contributed by atoms with van der Waals surface area (Å²) in [6.07, 6.45) is 1.98. The average Bonchev–Trinajstić information content (AvgIpc) is 3.13. The van der Waals surface area contributed by atoms with E-state index in [1.807, 2.05) is 83.6 Å². The molecule has 0 saturated heterocycles. The van der Waals surface area contributed by atoms with E-state index in [1.54, 1.807) is 4.68 Å². The third kappa shape index (κ3) is 2.88. The molecule has 0 aliphatic carbocycles. The molecule has 0 unspecified atom stereocenters. The fourth-order valence-electron chi connectivity index (χ4n) is 3.74. The van der Waals surface area contributed by atoms with Crippen LogP contribution < -0.4 is 11.2 Å². The van der Waals surface area contributed by atoms with Crippen LogP contribution in [0.5, 0.6) is 0 Å². The minimum Gasteiger partial charge on any atom is -0.384 e. The maximum atomic E-state index is 8.89. The molecule has 0 fully saturated rings. The lowest BCUT2D eigenvalue weighted by Gasteiger charge is -2.11. The normalized spacial score (nSPS) is 11.1. The molecule has 0 spiro atoms. The minimum atomic E-state index is 0.263. The van der Waals surface area contributed by atoms with Crippen LogP contribution in [0.2, 0.25) is 0 Å². The highest BCUT2D eigenvalue weighted by molar-refractivity contribution is 6.00. The van der Waals surface area contributed by atoms with Crippen molar-refractivity contribution >= 4 is 16.6 Å². The molecule has 0 atom stereocenters. The zero-order chi connectivity index (χ0) is 20.7. The molecule has 5 rings (SSSR count). The number of rotatable bonds is 3. The van der Waals surface area contributed by atoms with E-state index in [4.69, 9.17) is 16.2 Å². The number of nitrogens with one attached hydrogen (secondary N) is 1. The Morgan fingerprint density at radius 1 is 0.800 bits per heavy atom. The summed E-state index contributed by atoms with van der Waals surface area (Å²) in [4.78, 5) is 0. The molecule has 3 aromatic carbocycles. The number of para-hydroxylation sites is 1. The van der Waals surface area contributed by atoms with Gasteiger partial charge >= 0.3 is 0 Å². The van der Waals surface area contributed by atoms with E-state index < -0.39 is 0 Å². The molecule has 2 heterocycles. The van der Waals surface area contributed by atoms with E-state index in [9.17, 15) is 0 Å². The molecule has 5 aromatic rings. The molecule has 0 aliphatic heterocycles. The van der Waals surface area contributed by atoms with Crippen molar-refractivity contribution in [1.82, 2.24) is 14.3 Å². The predicted octanol–water partition coefficient (Wildman–Crippen LogP) is 4.85. The number of benzene rings is 3. The monoisotopic (exact) mass is 391 g/mol. The highest BCUT2D eigenvalue weighted by Crippen LogP contribution is 2.31. The second kappa shape index (κ2) is 7.04. The van der Waals surface area contributed by atoms with E-state index in [2.05, 4.69) is 19.1 Å². The van der Waals surface area contributed by atoms with Crippen LogP contribution in [0.25, 0.3) is 33.4 Å². The van der Waals surface area contributed by atoms with Gasteiger partial charge in [0.1, 0.15) is 11.5 Å². The van der Waals surface area contributed by atoms with Crippen LogP contribution in [-0.4, -0.2) is 14.3 Å². The van der Waals surface area contributed by atoms with E-state index in [1.165, 1.54) is 5.56 Å². The molecule has 0 aliphatic rings. The molecule has 0 radical (unpaired) electrons. The van der Waals surface area contributed by atoms with Crippen LogP contribution in [0.4, 0.5) is 5.82 Å². The first kappa shape index (κ1) is 17.9. The highest BCUT2D eigenvalue weighted by atomic mass is 15.3. The number of hydrogen-bond acceptors (Lipinski definition) is 3. The molecular weight excluding hydrogens is 370 g/mol. The number of fused-ring (bicyclic) bond motifs is 1. The van der Waals surface area contributed by atoms with Gasteiger partial charge in [0.05, 0.1) is 11.1 Å². The number of hydrogen-bond donors (Lipinski definition) is 2. The van der Waals surface area contributed by atoms with Gasteiger partial charge in [0.25, 0.3) is 0 Å². The summed E-state index contributed by atoms with van der Waals surface area (Å²) < 4.78 is 3.59. The molecule has 0 amide bonds. The van der Waals surface area contributed by atoms with Crippen molar-refractivity contribution in [2.24, 2.45) is 0 Å². The van der Waals surface area contributed by atoms with Crippen molar-refractivity contribution in [1.29, 1.82) is 5.41 Å².